The molecule has 20 heteroatoms. The van der Waals surface area contributed by atoms with E-state index in [2.05, 4.69) is 0 Å². The zero-order valence-corrected chi connectivity index (χ0v) is 63.7. The molecule has 0 aliphatic heterocycles. The Balaban J connectivity index is 0.000000190. The molecule has 4 atom stereocenters. The molecule has 0 bridgehead atoms. The number of fused-ring (bicyclic) bond motifs is 6. The maximum absolute atomic E-state index is 14.9. The van der Waals surface area contributed by atoms with Crippen molar-refractivity contribution in [2.75, 3.05) is 112 Å². The van der Waals surface area contributed by atoms with Crippen molar-refractivity contribution in [3.05, 3.63) is 234 Å². The lowest BCUT2D eigenvalue weighted by Crippen LogP contribution is -2.38. The highest BCUT2D eigenvalue weighted by molar-refractivity contribution is 6.16. The van der Waals surface area contributed by atoms with Crippen LogP contribution in [0.15, 0.2) is 156 Å². The highest BCUT2D eigenvalue weighted by Gasteiger charge is 2.63. The van der Waals surface area contributed by atoms with Gasteiger partial charge in [-0.1, -0.05) is 121 Å². The Morgan fingerprint density at radius 2 is 0.583 bits per heavy atom. The minimum absolute atomic E-state index is 0.136. The van der Waals surface area contributed by atoms with E-state index in [1.54, 1.807) is 113 Å². The minimum Gasteiger partial charge on any atom is -0.493 e. The molecule has 0 saturated carbocycles. The topological polar surface area (TPSA) is 216 Å². The van der Waals surface area contributed by atoms with Gasteiger partial charge in [-0.05, 0) is 110 Å². The molecule has 6 aliphatic carbocycles. The summed E-state index contributed by atoms with van der Waals surface area (Å²) in [5.74, 6) is 1.81. The third-order valence-electron chi connectivity index (χ3n) is 21.6. The lowest BCUT2D eigenvalue weighted by Gasteiger charge is -2.42. The average Bonchev–Trinajstić information content (AvgIpc) is 1.50. The van der Waals surface area contributed by atoms with E-state index in [4.69, 9.17) is 75.8 Å². The first kappa shape index (κ1) is 74.5. The second-order valence-corrected chi connectivity index (χ2v) is 26.1. The summed E-state index contributed by atoms with van der Waals surface area (Å²) < 4.78 is 97.3. The summed E-state index contributed by atoms with van der Waals surface area (Å²) in [5, 5.41) is 0. The van der Waals surface area contributed by atoms with Crippen LogP contribution in [-0.2, 0) is 49.0 Å². The molecule has 2 spiro atoms. The summed E-state index contributed by atoms with van der Waals surface area (Å²) in [5.41, 5.74) is 12.1. The van der Waals surface area contributed by atoms with E-state index in [-0.39, 0.29) is 26.4 Å². The van der Waals surface area contributed by atoms with Gasteiger partial charge < -0.3 is 75.8 Å². The monoisotopic (exact) mass is 1460 g/mol. The molecule has 0 fully saturated rings. The summed E-state index contributed by atoms with van der Waals surface area (Å²) >= 11 is 0. The van der Waals surface area contributed by atoms with Crippen LogP contribution in [0.3, 0.4) is 0 Å². The number of rotatable bonds is 24. The second-order valence-electron chi connectivity index (χ2n) is 26.1. The molecule has 0 unspecified atom stereocenters. The molecule has 0 N–H and O–H groups in total. The van der Waals surface area contributed by atoms with Crippen molar-refractivity contribution >= 4 is 46.2 Å². The Morgan fingerprint density at radius 3 is 0.852 bits per heavy atom. The summed E-state index contributed by atoms with van der Waals surface area (Å²) in [7, 11) is 18.8. The van der Waals surface area contributed by atoms with E-state index in [1.807, 2.05) is 133 Å². The molecule has 20 nitrogen and oxygen atoms in total. The van der Waals surface area contributed by atoms with Crippen LogP contribution < -0.4 is 56.8 Å². The van der Waals surface area contributed by atoms with Crippen molar-refractivity contribution in [3.63, 3.8) is 0 Å². The first-order chi connectivity index (χ1) is 52.6. The number of benzene rings is 8. The fourth-order valence-corrected chi connectivity index (χ4v) is 18.0. The molecule has 8 aromatic rings. The van der Waals surface area contributed by atoms with Crippen LogP contribution in [0.25, 0.3) is 22.3 Å². The Hall–Kier alpha value is -11.8. The highest BCUT2D eigenvalue weighted by atomic mass is 16.6. The first-order valence-corrected chi connectivity index (χ1v) is 35.9. The van der Waals surface area contributed by atoms with Crippen molar-refractivity contribution in [1.29, 1.82) is 0 Å². The predicted molar refractivity (Wildman–Crippen MR) is 406 cm³/mol. The van der Waals surface area contributed by atoms with E-state index in [1.165, 1.54) is 0 Å². The van der Waals surface area contributed by atoms with Crippen LogP contribution in [-0.4, -0.2) is 136 Å². The number of hydrogen-bond acceptors (Lipinski definition) is 20. The summed E-state index contributed by atoms with van der Waals surface area (Å²) in [6.45, 7) is 7.82. The van der Waals surface area contributed by atoms with E-state index in [0.29, 0.717) is 173 Å². The molecular formula is C88H88O20. The Morgan fingerprint density at radius 1 is 0.315 bits per heavy atom. The van der Waals surface area contributed by atoms with Crippen LogP contribution in [0, 0.1) is 0 Å². The first-order valence-electron chi connectivity index (χ1n) is 35.9. The molecule has 0 radical (unpaired) electrons. The smallest absolute Gasteiger partial charge is 0.335 e. The fourth-order valence-electron chi connectivity index (χ4n) is 18.0. The molecule has 108 heavy (non-hydrogen) atoms. The number of esters is 4. The molecular weight excluding hydrogens is 1380 g/mol. The molecule has 0 heterocycles. The maximum atomic E-state index is 14.9. The van der Waals surface area contributed by atoms with Crippen LogP contribution >= 0.6 is 0 Å². The minimum atomic E-state index is -1.24. The molecule has 8 aromatic carbocycles. The lowest BCUT2D eigenvalue weighted by molar-refractivity contribution is -0.140. The van der Waals surface area contributed by atoms with Crippen LogP contribution in [0.2, 0.25) is 0 Å². The summed E-state index contributed by atoms with van der Waals surface area (Å²) in [6, 6.07) is 42.7. The predicted octanol–water partition coefficient (Wildman–Crippen LogP) is 15.3. The van der Waals surface area contributed by atoms with Crippen molar-refractivity contribution < 1.29 is 95.0 Å². The molecule has 560 valence electrons. The summed E-state index contributed by atoms with van der Waals surface area (Å²) in [6.07, 6.45) is 1.61. The van der Waals surface area contributed by atoms with Crippen molar-refractivity contribution in [1.82, 2.24) is 0 Å². The van der Waals surface area contributed by atoms with Gasteiger partial charge in [0, 0.05) is 67.5 Å². The fraction of sp³-hybridized carbons (Fsp3) is 0.318. The van der Waals surface area contributed by atoms with E-state index < -0.39 is 46.5 Å². The third-order valence-corrected chi connectivity index (χ3v) is 21.6. The zero-order valence-electron chi connectivity index (χ0n) is 63.7. The molecule has 0 saturated heterocycles. The highest BCUT2D eigenvalue weighted by Crippen LogP contribution is 2.73. The van der Waals surface area contributed by atoms with Gasteiger partial charge in [-0.15, -0.1) is 0 Å². The van der Waals surface area contributed by atoms with Crippen molar-refractivity contribution in [2.24, 2.45) is 0 Å². The van der Waals surface area contributed by atoms with Crippen LogP contribution in [0.1, 0.15) is 143 Å². The third kappa shape index (κ3) is 11.0. The second kappa shape index (κ2) is 30.6. The van der Waals surface area contributed by atoms with Gasteiger partial charge in [-0.2, -0.15) is 0 Å². The number of methoxy groups -OCH3 is 12. The Bertz CT molecular complexity index is 4720. The Kier molecular flexibility index (Phi) is 21.1. The van der Waals surface area contributed by atoms with Gasteiger partial charge in [-0.3, -0.25) is 0 Å². The normalized spacial score (nSPS) is 17.9. The van der Waals surface area contributed by atoms with Gasteiger partial charge in [0.25, 0.3) is 0 Å². The van der Waals surface area contributed by atoms with Crippen molar-refractivity contribution in [2.45, 2.75) is 76.0 Å². The number of hydrogen-bond donors (Lipinski definition) is 0. The van der Waals surface area contributed by atoms with Crippen LogP contribution in [0.4, 0.5) is 0 Å². The number of carbonyl (C=O) groups is 4. The van der Waals surface area contributed by atoms with Gasteiger partial charge in [0.15, 0.2) is 46.0 Å². The summed E-state index contributed by atoms with van der Waals surface area (Å²) in [4.78, 5) is 58.3. The van der Waals surface area contributed by atoms with Gasteiger partial charge in [-0.25, -0.2) is 19.2 Å². The van der Waals surface area contributed by atoms with Gasteiger partial charge in [0.05, 0.1) is 145 Å². The molecule has 0 amide bonds. The van der Waals surface area contributed by atoms with E-state index >= 15 is 0 Å². The van der Waals surface area contributed by atoms with Crippen molar-refractivity contribution in [3.8, 4) is 69.0 Å². The van der Waals surface area contributed by atoms with Gasteiger partial charge in [0.2, 0.25) is 23.0 Å². The standard InChI is InChI=1S/2C44H44O10/c2*1-9-53-42(45)32-26-21-22-44(35-31(26)34(29(32)24-17-13-11-14-18-24)39(50-6)41(52-8)40(35)51-7)27-23-28(47-3)37(48-4)38(49-5)33(27)30(25-19-15-12-16-20-25)36(44)43(46)54-10-2/h2*11-20,23,26H,9-10,21-22H2,1-8H3/t2*26-,44+/m10/s1. The SMILES string of the molecule is CCOC(=O)C1=C(c2ccccc2)c2c(OC)c(OC)c(OC)c3c2[C@@H]1CC[C@]31C(C(=O)OCC)=C(c2ccccc2)c2c1cc(OC)c(OC)c2OC.CCOC(=O)C1=C(c2ccccc2)c2c(OC)c(OC)c(OC)c3c2[C@H]1CC[C@@]31C(C(=O)OCC)=C(c2ccccc2)c2c1cc(OC)c(OC)c2OC. The quantitative estimate of drug-likeness (QED) is 0.0406. The molecule has 14 rings (SSSR count). The number of ether oxygens (including phenoxy) is 16. The largest absolute Gasteiger partial charge is 0.493 e. The van der Waals surface area contributed by atoms with E-state index in [0.717, 1.165) is 44.5 Å². The van der Waals surface area contributed by atoms with Crippen LogP contribution in [0.5, 0.6) is 69.0 Å². The van der Waals surface area contributed by atoms with E-state index in [9.17, 15) is 19.2 Å². The number of carbonyl (C=O) groups excluding carboxylic acids is 4. The Labute approximate surface area is 628 Å². The average molecular weight is 1470 g/mol. The lowest BCUT2D eigenvalue weighted by atomic mass is 9.60. The maximum Gasteiger partial charge on any atom is 0.335 e. The van der Waals surface area contributed by atoms with Gasteiger partial charge in [0.1, 0.15) is 0 Å². The molecule has 6 aliphatic rings. The zero-order chi connectivity index (χ0) is 76.6. The molecule has 0 aromatic heterocycles. The van der Waals surface area contributed by atoms with Gasteiger partial charge >= 0.3 is 23.9 Å².